The number of esters is 1. The van der Waals surface area contributed by atoms with Gasteiger partial charge in [-0.25, -0.2) is 9.56 Å². The number of para-hydroxylation sites is 1. The van der Waals surface area contributed by atoms with Crippen LogP contribution in [0.5, 0.6) is 5.75 Å². The summed E-state index contributed by atoms with van der Waals surface area (Å²) < 4.78 is 36.2. The Morgan fingerprint density at radius 3 is 2.67 bits per heavy atom. The van der Waals surface area contributed by atoms with Gasteiger partial charge < -0.3 is 29.9 Å². The van der Waals surface area contributed by atoms with Crippen LogP contribution in [-0.2, 0) is 23.4 Å². The Morgan fingerprint density at radius 1 is 1.32 bits per heavy atom. The maximum Gasteiger partial charge on any atom is 0.459 e. The average molecular weight is 577 g/mol. The van der Waals surface area contributed by atoms with Crippen molar-refractivity contribution in [1.82, 2.24) is 10.1 Å². The summed E-state index contributed by atoms with van der Waals surface area (Å²) in [5.41, 5.74) is 4.46. The first-order valence-corrected chi connectivity index (χ1v) is 14.2. The van der Waals surface area contributed by atoms with E-state index in [0.717, 1.165) is 0 Å². The fraction of sp³-hybridized carbons (Fsp3) is 0.520. The monoisotopic (exact) mass is 576 g/mol. The summed E-state index contributed by atoms with van der Waals surface area (Å²) in [5.74, 6) is -0.708. The first-order chi connectivity index (χ1) is 18.9. The highest BCUT2D eigenvalue weighted by atomic mass is 31.2. The summed E-state index contributed by atoms with van der Waals surface area (Å²) in [6.07, 6.45) is -2.05. The van der Waals surface area contributed by atoms with Crippen LogP contribution >= 0.6 is 7.75 Å². The second-order valence-corrected chi connectivity index (χ2v) is 11.7. The molecule has 1 fully saturated rings. The number of nitrogens with two attached hydrogens (primary N) is 1. The number of benzene rings is 1. The number of amidine groups is 1. The molecule has 3 aliphatic rings. The second-order valence-electron chi connectivity index (χ2n) is 9.98. The van der Waals surface area contributed by atoms with Crippen LogP contribution in [0.1, 0.15) is 27.7 Å². The molecule has 40 heavy (non-hydrogen) atoms. The van der Waals surface area contributed by atoms with Crippen LogP contribution in [0.15, 0.2) is 52.2 Å². The summed E-state index contributed by atoms with van der Waals surface area (Å²) in [6, 6.07) is 8.18. The van der Waals surface area contributed by atoms with Gasteiger partial charge in [0.2, 0.25) is 5.60 Å². The quantitative estimate of drug-likeness (QED) is 0.228. The maximum atomic E-state index is 13.8. The molecule has 0 spiro atoms. The summed E-state index contributed by atoms with van der Waals surface area (Å²) in [6.45, 7) is 5.99. The van der Waals surface area contributed by atoms with Gasteiger partial charge in [-0.05, 0) is 32.9 Å². The van der Waals surface area contributed by atoms with Crippen LogP contribution < -0.4 is 15.3 Å². The summed E-state index contributed by atoms with van der Waals surface area (Å²) in [5, 5.41) is 40.4. The number of nitriles is 1. The molecule has 1 aromatic rings. The number of aliphatic imine (C=N–C) groups is 1. The fourth-order valence-electron chi connectivity index (χ4n) is 4.80. The molecule has 0 amide bonds. The third kappa shape index (κ3) is 5.76. The van der Waals surface area contributed by atoms with E-state index in [2.05, 4.69) is 15.2 Å². The number of rotatable bonds is 10. The van der Waals surface area contributed by atoms with Gasteiger partial charge in [0.25, 0.3) is 0 Å². The smallest absolute Gasteiger partial charge is 0.459 e. The molecule has 1 aromatic carbocycles. The van der Waals surface area contributed by atoms with Crippen molar-refractivity contribution in [1.29, 1.82) is 5.26 Å². The van der Waals surface area contributed by atoms with Gasteiger partial charge in [-0.3, -0.25) is 14.3 Å². The van der Waals surface area contributed by atoms with E-state index >= 15 is 0 Å². The van der Waals surface area contributed by atoms with Gasteiger partial charge in [-0.15, -0.1) is 0 Å². The highest BCUT2D eigenvalue weighted by Gasteiger charge is 2.63. The lowest BCUT2D eigenvalue weighted by atomic mass is 9.82. The van der Waals surface area contributed by atoms with Gasteiger partial charge in [-0.2, -0.15) is 15.5 Å². The van der Waals surface area contributed by atoms with Crippen LogP contribution in [0.4, 0.5) is 0 Å². The molecule has 0 bridgehead atoms. The SMILES string of the molecule is CC(C)OC(=O)[C@H](C)N[P@](=O)(OC[C@H]1O[C@@](C#N)(C2C(C)C=C3C(N)=NC=NN32)[C@H](O)[C@@H]1O)Oc1ccccc1. The van der Waals surface area contributed by atoms with E-state index in [1.165, 1.54) is 18.3 Å². The molecule has 1 saturated heterocycles. The number of nitrogens with one attached hydrogen (secondary N) is 1. The largest absolute Gasteiger partial charge is 0.462 e. The molecule has 2 unspecified atom stereocenters. The van der Waals surface area contributed by atoms with E-state index in [-0.39, 0.29) is 17.5 Å². The first-order valence-electron chi connectivity index (χ1n) is 12.7. The van der Waals surface area contributed by atoms with Crippen LogP contribution in [-0.4, -0.2) is 82.1 Å². The number of aliphatic hydroxyl groups is 2. The zero-order valence-electron chi connectivity index (χ0n) is 22.4. The van der Waals surface area contributed by atoms with Gasteiger partial charge in [0.1, 0.15) is 48.6 Å². The second kappa shape index (κ2) is 11.7. The number of hydrogen-bond acceptors (Lipinski definition) is 13. The number of aliphatic hydroxyl groups excluding tert-OH is 2. The number of ether oxygens (including phenoxy) is 2. The summed E-state index contributed by atoms with van der Waals surface area (Å²) in [7, 11) is -4.30. The summed E-state index contributed by atoms with van der Waals surface area (Å²) in [4.78, 5) is 16.4. The number of hydrogen-bond donors (Lipinski definition) is 4. The van der Waals surface area contributed by atoms with Crippen LogP contribution in [0, 0.1) is 17.2 Å². The van der Waals surface area contributed by atoms with Gasteiger partial charge in [-0.1, -0.05) is 31.2 Å². The average Bonchev–Trinajstić information content (AvgIpc) is 3.37. The predicted octanol–water partition coefficient (Wildman–Crippen LogP) is 1.02. The molecule has 216 valence electrons. The molecule has 0 aromatic heterocycles. The highest BCUT2D eigenvalue weighted by molar-refractivity contribution is 7.52. The minimum atomic E-state index is -4.30. The molecule has 3 aliphatic heterocycles. The van der Waals surface area contributed by atoms with Crippen molar-refractivity contribution in [3.05, 3.63) is 42.1 Å². The highest BCUT2D eigenvalue weighted by Crippen LogP contribution is 2.48. The minimum Gasteiger partial charge on any atom is -0.462 e. The van der Waals surface area contributed by atoms with Gasteiger partial charge in [0, 0.05) is 5.92 Å². The van der Waals surface area contributed by atoms with E-state index < -0.39 is 62.4 Å². The molecule has 0 aliphatic carbocycles. The lowest BCUT2D eigenvalue weighted by Gasteiger charge is -2.38. The molecule has 8 atom stereocenters. The van der Waals surface area contributed by atoms with Crippen LogP contribution in [0.3, 0.4) is 0 Å². The van der Waals surface area contributed by atoms with E-state index in [9.17, 15) is 24.8 Å². The Balaban J connectivity index is 1.54. The lowest BCUT2D eigenvalue weighted by Crippen LogP contribution is -2.58. The van der Waals surface area contributed by atoms with Crippen molar-refractivity contribution >= 4 is 25.9 Å². The zero-order valence-corrected chi connectivity index (χ0v) is 23.3. The van der Waals surface area contributed by atoms with E-state index in [0.29, 0.717) is 5.70 Å². The Labute approximate surface area is 231 Å². The van der Waals surface area contributed by atoms with Crippen LogP contribution in [0.2, 0.25) is 0 Å². The Hall–Kier alpha value is -3.31. The predicted molar refractivity (Wildman–Crippen MR) is 143 cm³/mol. The number of hydrazone groups is 1. The third-order valence-electron chi connectivity index (χ3n) is 6.60. The number of carbonyl (C=O) groups is 1. The standard InChI is InChI=1S/C25H33N6O8P/c1-14(2)37-24(34)16(4)30-40(35,39-17-8-6-5-7-9-17)36-11-19-20(32)22(33)25(12-26,38-19)21-15(3)10-18-23(27)28-13-29-31(18)21/h5-10,13-16,19-22,32-33H,11H2,1-4H3,(H,30,35)(H2,27,28,29)/t15?,16-,19+,20+,21?,22+,25-,40-/m0/s1. The van der Waals surface area contributed by atoms with Crippen molar-refractivity contribution in [3.8, 4) is 11.8 Å². The maximum absolute atomic E-state index is 13.8. The minimum absolute atomic E-state index is 0.181. The molecule has 4 rings (SSSR count). The van der Waals surface area contributed by atoms with Crippen molar-refractivity contribution in [2.24, 2.45) is 21.7 Å². The Kier molecular flexibility index (Phi) is 8.65. The number of carbonyl (C=O) groups excluding carboxylic acids is 1. The molecule has 5 N–H and O–H groups in total. The Bertz CT molecular complexity index is 1280. The van der Waals surface area contributed by atoms with Crippen LogP contribution in [0.25, 0.3) is 0 Å². The number of nitrogens with zero attached hydrogens (tertiary/aromatic N) is 4. The fourth-order valence-corrected chi connectivity index (χ4v) is 6.30. The molecule has 0 saturated carbocycles. The lowest BCUT2D eigenvalue weighted by molar-refractivity contribution is -0.149. The van der Waals surface area contributed by atoms with Crippen molar-refractivity contribution < 1.29 is 38.1 Å². The van der Waals surface area contributed by atoms with E-state index in [1.54, 1.807) is 57.2 Å². The van der Waals surface area contributed by atoms with Gasteiger partial charge in [0.15, 0.2) is 5.84 Å². The van der Waals surface area contributed by atoms with Gasteiger partial charge >= 0.3 is 13.7 Å². The topological polar surface area (TPSA) is 201 Å². The van der Waals surface area contributed by atoms with Crippen molar-refractivity contribution in [3.63, 3.8) is 0 Å². The molecule has 15 heteroatoms. The van der Waals surface area contributed by atoms with Crippen molar-refractivity contribution in [2.45, 2.75) is 69.8 Å². The molecule has 0 radical (unpaired) electrons. The number of fused-ring (bicyclic) bond motifs is 1. The Morgan fingerprint density at radius 2 is 2.02 bits per heavy atom. The summed E-state index contributed by atoms with van der Waals surface area (Å²) >= 11 is 0. The molecular formula is C25H33N6O8P. The normalized spacial score (nSPS) is 31.6. The molecule has 3 heterocycles. The van der Waals surface area contributed by atoms with E-state index in [4.69, 9.17) is 24.3 Å². The third-order valence-corrected chi connectivity index (χ3v) is 8.25. The van der Waals surface area contributed by atoms with E-state index in [1.807, 2.05) is 6.07 Å². The zero-order chi connectivity index (χ0) is 29.2. The first kappa shape index (κ1) is 29.7. The van der Waals surface area contributed by atoms with Crippen molar-refractivity contribution in [2.75, 3.05) is 6.61 Å². The van der Waals surface area contributed by atoms with Gasteiger partial charge in [0.05, 0.1) is 18.4 Å². The molecular weight excluding hydrogens is 543 g/mol. The molecule has 14 nitrogen and oxygen atoms in total.